The SMILES string of the molecule is Cc1ccc(NS(=O)(=O)c2ccc(C(=O)N3CCN(c4ccccn4)CC3)cc2)cc1C. The second-order valence-corrected chi connectivity index (χ2v) is 9.58. The van der Waals surface area contributed by atoms with Crippen LogP contribution in [0.5, 0.6) is 0 Å². The van der Waals surface area contributed by atoms with Crippen molar-refractivity contribution in [1.29, 1.82) is 0 Å². The molecule has 0 radical (unpaired) electrons. The number of anilines is 2. The zero-order chi connectivity index (χ0) is 22.7. The monoisotopic (exact) mass is 450 g/mol. The summed E-state index contributed by atoms with van der Waals surface area (Å²) in [5, 5.41) is 0. The van der Waals surface area contributed by atoms with E-state index in [1.54, 1.807) is 35.4 Å². The Morgan fingerprint density at radius 1 is 0.906 bits per heavy atom. The highest BCUT2D eigenvalue weighted by Crippen LogP contribution is 2.20. The van der Waals surface area contributed by atoms with Gasteiger partial charge in [-0.25, -0.2) is 13.4 Å². The normalized spacial score (nSPS) is 14.3. The van der Waals surface area contributed by atoms with Crippen molar-refractivity contribution in [3.63, 3.8) is 0 Å². The second-order valence-electron chi connectivity index (χ2n) is 7.90. The van der Waals surface area contributed by atoms with Gasteiger partial charge in [-0.05, 0) is 73.5 Å². The lowest BCUT2D eigenvalue weighted by Gasteiger charge is -2.35. The molecular weight excluding hydrogens is 424 g/mol. The predicted molar refractivity (Wildman–Crippen MR) is 126 cm³/mol. The number of aromatic nitrogens is 1. The molecule has 32 heavy (non-hydrogen) atoms. The van der Waals surface area contributed by atoms with Crippen LogP contribution in [0.3, 0.4) is 0 Å². The molecule has 2 aromatic carbocycles. The molecule has 0 aliphatic carbocycles. The zero-order valence-electron chi connectivity index (χ0n) is 18.2. The van der Waals surface area contributed by atoms with Crippen LogP contribution in [-0.2, 0) is 10.0 Å². The van der Waals surface area contributed by atoms with Crippen molar-refractivity contribution in [3.05, 3.63) is 83.6 Å². The van der Waals surface area contributed by atoms with E-state index in [-0.39, 0.29) is 10.8 Å². The predicted octanol–water partition coefficient (Wildman–Crippen LogP) is 3.46. The van der Waals surface area contributed by atoms with Gasteiger partial charge in [0.25, 0.3) is 15.9 Å². The summed E-state index contributed by atoms with van der Waals surface area (Å²) in [6.07, 6.45) is 1.76. The number of carbonyl (C=O) groups excluding carboxylic acids is 1. The highest BCUT2D eigenvalue weighted by atomic mass is 32.2. The first kappa shape index (κ1) is 21.8. The zero-order valence-corrected chi connectivity index (χ0v) is 19.0. The lowest BCUT2D eigenvalue weighted by Crippen LogP contribution is -2.49. The molecule has 0 unspecified atom stereocenters. The Labute approximate surface area is 188 Å². The maximum atomic E-state index is 12.9. The maximum Gasteiger partial charge on any atom is 0.261 e. The number of carbonyl (C=O) groups is 1. The number of nitrogens with one attached hydrogen (secondary N) is 1. The molecule has 8 heteroatoms. The smallest absolute Gasteiger partial charge is 0.261 e. The molecule has 0 saturated carbocycles. The first-order chi connectivity index (χ1) is 15.3. The van der Waals surface area contributed by atoms with Gasteiger partial charge in [-0.2, -0.15) is 0 Å². The van der Waals surface area contributed by atoms with Gasteiger partial charge in [-0.1, -0.05) is 12.1 Å². The van der Waals surface area contributed by atoms with Crippen molar-refractivity contribution >= 4 is 27.4 Å². The standard InChI is InChI=1S/C24H26N4O3S/c1-18-6-9-21(17-19(18)2)26-32(30,31)22-10-7-20(8-11-22)24(29)28-15-13-27(14-16-28)23-5-3-4-12-25-23/h3-12,17,26H,13-16H2,1-2H3. The largest absolute Gasteiger partial charge is 0.353 e. The van der Waals surface area contributed by atoms with Crippen LogP contribution >= 0.6 is 0 Å². The highest BCUT2D eigenvalue weighted by molar-refractivity contribution is 7.92. The number of sulfonamides is 1. The van der Waals surface area contributed by atoms with Crippen molar-refractivity contribution in [1.82, 2.24) is 9.88 Å². The van der Waals surface area contributed by atoms with Crippen molar-refractivity contribution in [3.8, 4) is 0 Å². The number of benzene rings is 2. The van der Waals surface area contributed by atoms with Gasteiger partial charge in [0, 0.05) is 43.6 Å². The van der Waals surface area contributed by atoms with Crippen molar-refractivity contribution in [2.75, 3.05) is 35.8 Å². The van der Waals surface area contributed by atoms with Crippen LogP contribution in [0.15, 0.2) is 71.8 Å². The Hall–Kier alpha value is -3.39. The van der Waals surface area contributed by atoms with E-state index >= 15 is 0 Å². The highest BCUT2D eigenvalue weighted by Gasteiger charge is 2.23. The van der Waals surface area contributed by atoms with Gasteiger partial charge < -0.3 is 9.80 Å². The Kier molecular flexibility index (Phi) is 6.14. The van der Waals surface area contributed by atoms with Crippen LogP contribution in [0.25, 0.3) is 0 Å². The number of rotatable bonds is 5. The lowest BCUT2D eigenvalue weighted by molar-refractivity contribution is 0.0746. The number of amides is 1. The van der Waals surface area contributed by atoms with E-state index in [0.717, 1.165) is 16.9 Å². The van der Waals surface area contributed by atoms with E-state index in [4.69, 9.17) is 0 Å². The Bertz CT molecular complexity index is 1200. The summed E-state index contributed by atoms with van der Waals surface area (Å²) in [5.74, 6) is 0.808. The van der Waals surface area contributed by atoms with Gasteiger partial charge in [-0.15, -0.1) is 0 Å². The molecule has 0 atom stereocenters. The summed E-state index contributed by atoms with van der Waals surface area (Å²) in [6.45, 7) is 6.49. The third kappa shape index (κ3) is 4.75. The average molecular weight is 451 g/mol. The van der Waals surface area contributed by atoms with Gasteiger partial charge in [0.2, 0.25) is 0 Å². The number of pyridine rings is 1. The lowest BCUT2D eigenvalue weighted by atomic mass is 10.1. The number of hydrogen-bond acceptors (Lipinski definition) is 5. The molecule has 2 heterocycles. The topological polar surface area (TPSA) is 82.6 Å². The van der Waals surface area contributed by atoms with Crippen LogP contribution < -0.4 is 9.62 Å². The van der Waals surface area contributed by atoms with E-state index < -0.39 is 10.0 Å². The van der Waals surface area contributed by atoms with Gasteiger partial charge in [0.15, 0.2) is 0 Å². The van der Waals surface area contributed by atoms with Crippen LogP contribution in [0, 0.1) is 13.8 Å². The first-order valence-electron chi connectivity index (χ1n) is 10.5. The molecule has 1 aliphatic heterocycles. The number of nitrogens with zero attached hydrogens (tertiary/aromatic N) is 3. The Morgan fingerprint density at radius 2 is 1.62 bits per heavy atom. The molecule has 1 N–H and O–H groups in total. The van der Waals surface area contributed by atoms with Gasteiger partial charge in [-0.3, -0.25) is 9.52 Å². The summed E-state index contributed by atoms with van der Waals surface area (Å²) in [7, 11) is -3.74. The molecule has 3 aromatic rings. The van der Waals surface area contributed by atoms with Crippen LogP contribution in [0.1, 0.15) is 21.5 Å². The van der Waals surface area contributed by atoms with E-state index in [0.29, 0.717) is 37.4 Å². The van der Waals surface area contributed by atoms with Crippen molar-refractivity contribution in [2.24, 2.45) is 0 Å². The van der Waals surface area contributed by atoms with Crippen molar-refractivity contribution in [2.45, 2.75) is 18.7 Å². The summed E-state index contributed by atoms with van der Waals surface area (Å²) >= 11 is 0. The number of hydrogen-bond donors (Lipinski definition) is 1. The third-order valence-corrected chi connectivity index (χ3v) is 7.11. The van der Waals surface area contributed by atoms with Crippen LogP contribution in [-0.4, -0.2) is 50.4 Å². The molecule has 4 rings (SSSR count). The molecule has 0 bridgehead atoms. The fourth-order valence-corrected chi connectivity index (χ4v) is 4.71. The number of piperazine rings is 1. The molecule has 1 amide bonds. The van der Waals surface area contributed by atoms with Crippen molar-refractivity contribution < 1.29 is 13.2 Å². The van der Waals surface area contributed by atoms with E-state index in [2.05, 4.69) is 14.6 Å². The fraction of sp³-hybridized carbons (Fsp3) is 0.250. The minimum Gasteiger partial charge on any atom is -0.353 e. The minimum absolute atomic E-state index is 0.100. The molecule has 1 fully saturated rings. The quantitative estimate of drug-likeness (QED) is 0.644. The summed E-state index contributed by atoms with van der Waals surface area (Å²) in [4.78, 5) is 21.3. The Balaban J connectivity index is 1.40. The minimum atomic E-state index is -3.74. The maximum absolute atomic E-state index is 12.9. The molecule has 1 aromatic heterocycles. The van der Waals surface area contributed by atoms with Crippen LogP contribution in [0.4, 0.5) is 11.5 Å². The summed E-state index contributed by atoms with van der Waals surface area (Å²) in [5.41, 5.74) is 3.09. The van der Waals surface area contributed by atoms with Gasteiger partial charge in [0.05, 0.1) is 4.90 Å². The molecule has 7 nitrogen and oxygen atoms in total. The summed E-state index contributed by atoms with van der Waals surface area (Å²) < 4.78 is 28.1. The van der Waals surface area contributed by atoms with Gasteiger partial charge in [0.1, 0.15) is 5.82 Å². The molecule has 166 valence electrons. The average Bonchev–Trinajstić information content (AvgIpc) is 2.81. The van der Waals surface area contributed by atoms with E-state index in [1.165, 1.54) is 12.1 Å². The van der Waals surface area contributed by atoms with Gasteiger partial charge >= 0.3 is 0 Å². The van der Waals surface area contributed by atoms with Crippen LogP contribution in [0.2, 0.25) is 0 Å². The summed E-state index contributed by atoms with van der Waals surface area (Å²) in [6, 6.07) is 17.3. The third-order valence-electron chi connectivity index (χ3n) is 5.71. The molecule has 1 aliphatic rings. The Morgan fingerprint density at radius 3 is 2.25 bits per heavy atom. The van der Waals surface area contributed by atoms with E-state index in [9.17, 15) is 13.2 Å². The van der Waals surface area contributed by atoms with E-state index in [1.807, 2.05) is 38.1 Å². The molecule has 0 spiro atoms. The molecule has 1 saturated heterocycles. The first-order valence-corrected chi connectivity index (χ1v) is 12.0. The fourth-order valence-electron chi connectivity index (χ4n) is 3.66. The number of aryl methyl sites for hydroxylation is 2. The second kappa shape index (κ2) is 9.00. The molecular formula is C24H26N4O3S.